The van der Waals surface area contributed by atoms with Crippen molar-refractivity contribution >= 4 is 6.09 Å². The Morgan fingerprint density at radius 1 is 1.40 bits per heavy atom. The molecule has 1 aliphatic rings. The standard InChI is InChI=1S/C11H21N2O2/c1-11(2,3)15-10(14)12-9-5-7-13(4)8-6-9/h9H,4-8H2,1-3H3,(H,12,14)/q-1. The Labute approximate surface area is 92.0 Å². The lowest BCUT2D eigenvalue weighted by atomic mass is 10.1. The van der Waals surface area contributed by atoms with Crippen molar-refractivity contribution in [3.63, 3.8) is 0 Å². The monoisotopic (exact) mass is 213 g/mol. The molecule has 0 aromatic carbocycles. The van der Waals surface area contributed by atoms with E-state index in [1.165, 1.54) is 0 Å². The zero-order valence-corrected chi connectivity index (χ0v) is 9.88. The molecule has 0 aromatic rings. The van der Waals surface area contributed by atoms with Gasteiger partial charge in [0, 0.05) is 6.04 Å². The summed E-state index contributed by atoms with van der Waals surface area (Å²) in [6, 6.07) is 0.234. The van der Waals surface area contributed by atoms with Crippen LogP contribution in [0.15, 0.2) is 0 Å². The molecule has 88 valence electrons. The number of carbonyl (C=O) groups is 1. The molecule has 0 bridgehead atoms. The Morgan fingerprint density at radius 3 is 2.40 bits per heavy atom. The van der Waals surface area contributed by atoms with E-state index in [0.29, 0.717) is 0 Å². The summed E-state index contributed by atoms with van der Waals surface area (Å²) in [5.74, 6) is 0. The highest BCUT2D eigenvalue weighted by Crippen LogP contribution is 2.11. The minimum Gasteiger partial charge on any atom is -0.459 e. The molecule has 1 N–H and O–H groups in total. The second kappa shape index (κ2) is 4.84. The van der Waals surface area contributed by atoms with Crippen LogP contribution in [0.3, 0.4) is 0 Å². The van der Waals surface area contributed by atoms with Gasteiger partial charge in [-0.05, 0) is 46.7 Å². The Morgan fingerprint density at radius 2 is 1.93 bits per heavy atom. The van der Waals surface area contributed by atoms with Crippen LogP contribution in [-0.2, 0) is 4.74 Å². The van der Waals surface area contributed by atoms with Gasteiger partial charge in [-0.15, -0.1) is 0 Å². The molecule has 0 atom stereocenters. The fourth-order valence-electron chi connectivity index (χ4n) is 1.55. The van der Waals surface area contributed by atoms with Crippen LogP contribution in [0.2, 0.25) is 0 Å². The first kappa shape index (κ1) is 12.3. The summed E-state index contributed by atoms with van der Waals surface area (Å²) < 4.78 is 5.19. The molecule has 0 radical (unpaired) electrons. The molecule has 1 rings (SSSR count). The van der Waals surface area contributed by atoms with Crippen LogP contribution >= 0.6 is 0 Å². The van der Waals surface area contributed by atoms with Crippen molar-refractivity contribution in [1.29, 1.82) is 0 Å². The third-order valence-corrected chi connectivity index (χ3v) is 2.31. The first-order chi connectivity index (χ1) is 6.87. The normalized spacial score (nSPS) is 20.0. The highest BCUT2D eigenvalue weighted by molar-refractivity contribution is 5.68. The third-order valence-electron chi connectivity index (χ3n) is 2.31. The van der Waals surface area contributed by atoms with Crippen molar-refractivity contribution in [3.8, 4) is 0 Å². The molecule has 0 aromatic heterocycles. The smallest absolute Gasteiger partial charge is 0.407 e. The van der Waals surface area contributed by atoms with Gasteiger partial charge >= 0.3 is 6.09 Å². The number of nitrogens with zero attached hydrogens (tertiary/aromatic N) is 1. The van der Waals surface area contributed by atoms with Gasteiger partial charge in [0.25, 0.3) is 0 Å². The van der Waals surface area contributed by atoms with Crippen molar-refractivity contribution < 1.29 is 9.53 Å². The van der Waals surface area contributed by atoms with E-state index in [1.54, 1.807) is 0 Å². The topological polar surface area (TPSA) is 41.6 Å². The SMILES string of the molecule is [CH2-]N1CCC(NC(=O)OC(C)(C)C)CC1. The molecule has 1 fully saturated rings. The largest absolute Gasteiger partial charge is 0.459 e. The summed E-state index contributed by atoms with van der Waals surface area (Å²) >= 11 is 0. The number of likely N-dealkylation sites (tertiary alicyclic amines) is 1. The fraction of sp³-hybridized carbons (Fsp3) is 0.818. The molecule has 1 amide bonds. The number of carbonyl (C=O) groups excluding carboxylic acids is 1. The van der Waals surface area contributed by atoms with E-state index in [9.17, 15) is 4.79 Å². The number of hydrogen-bond acceptors (Lipinski definition) is 3. The van der Waals surface area contributed by atoms with Crippen LogP contribution in [-0.4, -0.2) is 35.7 Å². The highest BCUT2D eigenvalue weighted by Gasteiger charge is 2.20. The number of hydrogen-bond donors (Lipinski definition) is 1. The third kappa shape index (κ3) is 5.02. The van der Waals surface area contributed by atoms with Crippen LogP contribution in [0.5, 0.6) is 0 Å². The molecule has 0 unspecified atom stereocenters. The van der Waals surface area contributed by atoms with Gasteiger partial charge in [0.05, 0.1) is 0 Å². The zero-order chi connectivity index (χ0) is 11.5. The molecule has 15 heavy (non-hydrogen) atoms. The lowest BCUT2D eigenvalue weighted by molar-refractivity contribution is 0.0485. The first-order valence-corrected chi connectivity index (χ1v) is 5.42. The minimum atomic E-state index is -0.420. The van der Waals surface area contributed by atoms with Gasteiger partial charge in [0.15, 0.2) is 0 Å². The fourth-order valence-corrected chi connectivity index (χ4v) is 1.55. The summed E-state index contributed by atoms with van der Waals surface area (Å²) in [6.07, 6.45) is 1.58. The Balaban J connectivity index is 2.27. The zero-order valence-electron chi connectivity index (χ0n) is 9.88. The number of amides is 1. The van der Waals surface area contributed by atoms with E-state index in [2.05, 4.69) is 12.4 Å². The van der Waals surface area contributed by atoms with Crippen molar-refractivity contribution in [3.05, 3.63) is 7.05 Å². The Kier molecular flexibility index (Phi) is 3.97. The van der Waals surface area contributed by atoms with E-state index >= 15 is 0 Å². The van der Waals surface area contributed by atoms with Gasteiger partial charge in [-0.3, -0.25) is 7.05 Å². The van der Waals surface area contributed by atoms with Gasteiger partial charge in [-0.1, -0.05) is 0 Å². The molecular weight excluding hydrogens is 192 g/mol. The molecular formula is C11H21N2O2-. The highest BCUT2D eigenvalue weighted by atomic mass is 16.6. The predicted octanol–water partition coefficient (Wildman–Crippen LogP) is 1.77. The molecule has 0 aliphatic carbocycles. The summed E-state index contributed by atoms with van der Waals surface area (Å²) in [5, 5.41) is 2.88. The van der Waals surface area contributed by atoms with E-state index in [0.717, 1.165) is 25.9 Å². The van der Waals surface area contributed by atoms with Gasteiger partial charge in [0.1, 0.15) is 5.60 Å². The van der Waals surface area contributed by atoms with Gasteiger partial charge in [0.2, 0.25) is 0 Å². The van der Waals surface area contributed by atoms with Crippen LogP contribution in [0.1, 0.15) is 33.6 Å². The van der Waals surface area contributed by atoms with Crippen molar-refractivity contribution in [1.82, 2.24) is 10.2 Å². The number of rotatable bonds is 1. The Hall–Kier alpha value is -0.770. The molecule has 0 spiro atoms. The molecule has 1 aliphatic heterocycles. The number of nitrogens with one attached hydrogen (secondary N) is 1. The molecule has 1 heterocycles. The van der Waals surface area contributed by atoms with E-state index in [4.69, 9.17) is 4.74 Å². The summed E-state index contributed by atoms with van der Waals surface area (Å²) in [7, 11) is 3.86. The van der Waals surface area contributed by atoms with Crippen LogP contribution in [0.25, 0.3) is 0 Å². The van der Waals surface area contributed by atoms with Crippen LogP contribution in [0, 0.1) is 7.05 Å². The molecule has 4 heteroatoms. The molecule has 4 nitrogen and oxygen atoms in total. The number of piperidine rings is 1. The first-order valence-electron chi connectivity index (χ1n) is 5.42. The Bertz CT molecular complexity index is 215. The average Bonchev–Trinajstić information content (AvgIpc) is 2.05. The molecule has 0 saturated carbocycles. The lowest BCUT2D eigenvalue weighted by Crippen LogP contribution is -2.44. The summed E-state index contributed by atoms with van der Waals surface area (Å²) in [4.78, 5) is 13.5. The quantitative estimate of drug-likeness (QED) is 0.675. The number of alkyl carbamates (subject to hydrolysis) is 1. The van der Waals surface area contributed by atoms with E-state index < -0.39 is 5.60 Å². The van der Waals surface area contributed by atoms with E-state index in [1.807, 2.05) is 25.7 Å². The van der Waals surface area contributed by atoms with Gasteiger partial charge in [-0.2, -0.15) is 0 Å². The van der Waals surface area contributed by atoms with Crippen molar-refractivity contribution in [2.75, 3.05) is 13.1 Å². The maximum Gasteiger partial charge on any atom is 0.407 e. The second-order valence-corrected chi connectivity index (χ2v) is 5.04. The average molecular weight is 213 g/mol. The van der Waals surface area contributed by atoms with E-state index in [-0.39, 0.29) is 12.1 Å². The van der Waals surface area contributed by atoms with Gasteiger partial charge < -0.3 is 15.0 Å². The molecule has 1 saturated heterocycles. The summed E-state index contributed by atoms with van der Waals surface area (Å²) in [6.45, 7) is 7.46. The predicted molar refractivity (Wildman–Crippen MR) is 59.3 cm³/mol. The second-order valence-electron chi connectivity index (χ2n) is 5.04. The van der Waals surface area contributed by atoms with Gasteiger partial charge in [-0.25, -0.2) is 4.79 Å². The number of ether oxygens (including phenoxy) is 1. The van der Waals surface area contributed by atoms with Crippen molar-refractivity contribution in [2.45, 2.75) is 45.3 Å². The minimum absolute atomic E-state index is 0.234. The van der Waals surface area contributed by atoms with Crippen LogP contribution in [0.4, 0.5) is 4.79 Å². The lowest BCUT2D eigenvalue weighted by Gasteiger charge is -2.35. The van der Waals surface area contributed by atoms with Crippen molar-refractivity contribution in [2.24, 2.45) is 0 Å². The maximum absolute atomic E-state index is 11.4. The summed E-state index contributed by atoms with van der Waals surface area (Å²) in [5.41, 5.74) is -0.420. The maximum atomic E-state index is 11.4. The van der Waals surface area contributed by atoms with Crippen LogP contribution < -0.4 is 5.32 Å².